The average molecular weight is 223 g/mol. The van der Waals surface area contributed by atoms with Crippen LogP contribution < -0.4 is 10.5 Å². The minimum Gasteiger partial charge on any atom is -0.488 e. The van der Waals surface area contributed by atoms with E-state index in [0.29, 0.717) is 5.75 Å². The zero-order chi connectivity index (χ0) is 12.2. The largest absolute Gasteiger partial charge is 0.488 e. The van der Waals surface area contributed by atoms with Crippen LogP contribution >= 0.6 is 0 Å². The monoisotopic (exact) mass is 223 g/mol. The Morgan fingerprint density at radius 1 is 1.44 bits per heavy atom. The molecule has 0 aliphatic rings. The molecule has 1 aromatic carbocycles. The van der Waals surface area contributed by atoms with E-state index < -0.39 is 17.6 Å². The Hall–Kier alpha value is -1.55. The summed E-state index contributed by atoms with van der Waals surface area (Å²) in [5, 5.41) is 8.73. The van der Waals surface area contributed by atoms with Crippen LogP contribution in [0.3, 0.4) is 0 Å². The topological polar surface area (TPSA) is 72.6 Å². The lowest BCUT2D eigenvalue weighted by Gasteiger charge is -2.28. The van der Waals surface area contributed by atoms with Crippen LogP contribution in [0.2, 0.25) is 0 Å². The van der Waals surface area contributed by atoms with Gasteiger partial charge in [-0.25, -0.2) is 0 Å². The summed E-state index contributed by atoms with van der Waals surface area (Å²) in [6, 6.07) is 8.37. The maximum absolute atomic E-state index is 10.6. The van der Waals surface area contributed by atoms with Crippen molar-refractivity contribution in [3.8, 4) is 5.75 Å². The second kappa shape index (κ2) is 4.99. The molecule has 0 spiro atoms. The third kappa shape index (κ3) is 3.90. The zero-order valence-electron chi connectivity index (χ0n) is 9.51. The normalized spacial score (nSPS) is 13.2. The van der Waals surface area contributed by atoms with Crippen molar-refractivity contribution in [2.24, 2.45) is 5.73 Å². The molecule has 88 valence electrons. The van der Waals surface area contributed by atoms with Crippen molar-refractivity contribution in [1.82, 2.24) is 0 Å². The molecule has 0 saturated carbocycles. The summed E-state index contributed by atoms with van der Waals surface area (Å²) >= 11 is 0. The Morgan fingerprint density at radius 2 is 2.00 bits per heavy atom. The van der Waals surface area contributed by atoms with E-state index in [0.717, 1.165) is 0 Å². The van der Waals surface area contributed by atoms with E-state index in [1.807, 2.05) is 44.2 Å². The standard InChI is InChI=1S/C12H17NO3/c1-12(2,8-10(13)11(14)15)16-9-6-4-3-5-7-9/h3-7,10H,8,13H2,1-2H3,(H,14,15). The van der Waals surface area contributed by atoms with Crippen LogP contribution in [0.1, 0.15) is 20.3 Å². The van der Waals surface area contributed by atoms with Gasteiger partial charge in [-0.15, -0.1) is 0 Å². The fourth-order valence-electron chi connectivity index (χ4n) is 1.47. The minimum atomic E-state index is -1.01. The maximum Gasteiger partial charge on any atom is 0.320 e. The summed E-state index contributed by atoms with van der Waals surface area (Å²) in [6.45, 7) is 3.64. The number of carboxylic acid groups (broad SMARTS) is 1. The third-order valence-corrected chi connectivity index (χ3v) is 2.17. The molecule has 0 heterocycles. The number of hydrogen-bond donors (Lipinski definition) is 2. The molecule has 3 N–H and O–H groups in total. The molecule has 1 atom stereocenters. The predicted octanol–water partition coefficient (Wildman–Crippen LogP) is 1.65. The molecule has 0 aliphatic carbocycles. The molecule has 0 aromatic heterocycles. The summed E-state index contributed by atoms with van der Waals surface area (Å²) in [4.78, 5) is 10.6. The van der Waals surface area contributed by atoms with Crippen molar-refractivity contribution in [2.75, 3.05) is 0 Å². The number of ether oxygens (including phenoxy) is 1. The molecule has 4 heteroatoms. The van der Waals surface area contributed by atoms with Crippen LogP contribution in [0.4, 0.5) is 0 Å². The van der Waals surface area contributed by atoms with Gasteiger partial charge in [0.15, 0.2) is 0 Å². The van der Waals surface area contributed by atoms with Crippen LogP contribution in [0.25, 0.3) is 0 Å². The summed E-state index contributed by atoms with van der Waals surface area (Å²) in [5.41, 5.74) is 4.88. The summed E-state index contributed by atoms with van der Waals surface area (Å²) < 4.78 is 5.68. The Morgan fingerprint density at radius 3 is 2.50 bits per heavy atom. The average Bonchev–Trinajstić information content (AvgIpc) is 2.17. The van der Waals surface area contributed by atoms with E-state index in [1.165, 1.54) is 0 Å². The first-order chi connectivity index (χ1) is 7.41. The van der Waals surface area contributed by atoms with Gasteiger partial charge >= 0.3 is 5.97 Å². The van der Waals surface area contributed by atoms with Gasteiger partial charge in [0, 0.05) is 6.42 Å². The van der Waals surface area contributed by atoms with Crippen molar-refractivity contribution in [2.45, 2.75) is 31.9 Å². The Bertz CT molecular complexity index is 349. The van der Waals surface area contributed by atoms with Crippen LogP contribution in [-0.2, 0) is 4.79 Å². The third-order valence-electron chi connectivity index (χ3n) is 2.17. The van der Waals surface area contributed by atoms with Crippen LogP contribution in [0, 0.1) is 0 Å². The molecule has 1 unspecified atom stereocenters. The molecule has 0 saturated heterocycles. The first-order valence-electron chi connectivity index (χ1n) is 5.13. The molecule has 16 heavy (non-hydrogen) atoms. The number of carbonyl (C=O) groups is 1. The number of benzene rings is 1. The van der Waals surface area contributed by atoms with Gasteiger partial charge in [-0.05, 0) is 26.0 Å². The number of aliphatic carboxylic acids is 1. The Labute approximate surface area is 95.0 Å². The maximum atomic E-state index is 10.6. The molecule has 4 nitrogen and oxygen atoms in total. The lowest BCUT2D eigenvalue weighted by atomic mass is 9.99. The van der Waals surface area contributed by atoms with Gasteiger partial charge in [-0.3, -0.25) is 4.79 Å². The lowest BCUT2D eigenvalue weighted by molar-refractivity contribution is -0.139. The van der Waals surface area contributed by atoms with Crippen molar-refractivity contribution >= 4 is 5.97 Å². The molecular weight excluding hydrogens is 206 g/mol. The van der Waals surface area contributed by atoms with E-state index >= 15 is 0 Å². The highest BCUT2D eigenvalue weighted by atomic mass is 16.5. The highest BCUT2D eigenvalue weighted by Crippen LogP contribution is 2.21. The number of nitrogens with two attached hydrogens (primary N) is 1. The second-order valence-electron chi connectivity index (χ2n) is 4.32. The number of rotatable bonds is 5. The second-order valence-corrected chi connectivity index (χ2v) is 4.32. The van der Waals surface area contributed by atoms with Gasteiger partial charge < -0.3 is 15.6 Å². The number of hydrogen-bond acceptors (Lipinski definition) is 3. The summed E-state index contributed by atoms with van der Waals surface area (Å²) in [5.74, 6) is -0.296. The van der Waals surface area contributed by atoms with E-state index in [2.05, 4.69) is 0 Å². The van der Waals surface area contributed by atoms with E-state index in [9.17, 15) is 4.79 Å². The van der Waals surface area contributed by atoms with Crippen LogP contribution in [0.15, 0.2) is 30.3 Å². The van der Waals surface area contributed by atoms with E-state index in [1.54, 1.807) is 0 Å². The number of carboxylic acids is 1. The highest BCUT2D eigenvalue weighted by molar-refractivity contribution is 5.73. The van der Waals surface area contributed by atoms with E-state index in [4.69, 9.17) is 15.6 Å². The quantitative estimate of drug-likeness (QED) is 0.796. The molecule has 0 fully saturated rings. The van der Waals surface area contributed by atoms with Crippen molar-refractivity contribution in [3.63, 3.8) is 0 Å². The highest BCUT2D eigenvalue weighted by Gasteiger charge is 2.26. The summed E-state index contributed by atoms with van der Waals surface area (Å²) in [6.07, 6.45) is 0.261. The van der Waals surface area contributed by atoms with Crippen molar-refractivity contribution in [3.05, 3.63) is 30.3 Å². The molecule has 1 aromatic rings. The van der Waals surface area contributed by atoms with Crippen LogP contribution in [0.5, 0.6) is 5.75 Å². The molecular formula is C12H17NO3. The van der Waals surface area contributed by atoms with Gasteiger partial charge in [0.25, 0.3) is 0 Å². The molecule has 0 aliphatic heterocycles. The molecule has 0 bridgehead atoms. The van der Waals surface area contributed by atoms with Gasteiger partial charge in [-0.1, -0.05) is 18.2 Å². The van der Waals surface area contributed by atoms with Gasteiger partial charge in [0.05, 0.1) is 0 Å². The van der Waals surface area contributed by atoms with Gasteiger partial charge in [-0.2, -0.15) is 0 Å². The molecule has 1 rings (SSSR count). The van der Waals surface area contributed by atoms with Crippen molar-refractivity contribution < 1.29 is 14.6 Å². The molecule has 0 amide bonds. The number of para-hydroxylation sites is 1. The van der Waals surface area contributed by atoms with Gasteiger partial charge in [0.1, 0.15) is 17.4 Å². The van der Waals surface area contributed by atoms with Crippen LogP contribution in [-0.4, -0.2) is 22.7 Å². The first kappa shape index (κ1) is 12.5. The van der Waals surface area contributed by atoms with Crippen molar-refractivity contribution in [1.29, 1.82) is 0 Å². The van der Waals surface area contributed by atoms with E-state index in [-0.39, 0.29) is 6.42 Å². The zero-order valence-corrected chi connectivity index (χ0v) is 9.51. The predicted molar refractivity (Wildman–Crippen MR) is 61.4 cm³/mol. The fraction of sp³-hybridized carbons (Fsp3) is 0.417. The smallest absolute Gasteiger partial charge is 0.320 e. The lowest BCUT2D eigenvalue weighted by Crippen LogP contribution is -2.41. The van der Waals surface area contributed by atoms with Gasteiger partial charge in [0.2, 0.25) is 0 Å². The summed E-state index contributed by atoms with van der Waals surface area (Å²) in [7, 11) is 0. The Balaban J connectivity index is 2.61. The molecule has 0 radical (unpaired) electrons. The minimum absolute atomic E-state index is 0.261. The SMILES string of the molecule is CC(C)(CC(N)C(=O)O)Oc1ccccc1. The fourth-order valence-corrected chi connectivity index (χ4v) is 1.47. The Kier molecular flexibility index (Phi) is 3.90. The first-order valence-corrected chi connectivity index (χ1v) is 5.13.